The van der Waals surface area contributed by atoms with Crippen molar-refractivity contribution in [2.45, 2.75) is 71.3 Å². The van der Waals surface area contributed by atoms with Crippen molar-refractivity contribution in [3.05, 3.63) is 47.6 Å². The Morgan fingerprint density at radius 3 is 2.59 bits per heavy atom. The van der Waals surface area contributed by atoms with Crippen molar-refractivity contribution in [2.75, 3.05) is 7.11 Å². The topological polar surface area (TPSA) is 46.5 Å². The lowest BCUT2D eigenvalue weighted by Crippen LogP contribution is -2.50. The van der Waals surface area contributed by atoms with E-state index in [1.165, 1.54) is 18.4 Å². The van der Waals surface area contributed by atoms with Gasteiger partial charge in [0.05, 0.1) is 13.2 Å². The van der Waals surface area contributed by atoms with Gasteiger partial charge < -0.3 is 9.84 Å². The molecular weight excluding hydrogens is 396 g/mol. The highest BCUT2D eigenvalue weighted by Crippen LogP contribution is 2.66. The maximum atomic E-state index is 13.3. The first-order chi connectivity index (χ1) is 15.3. The SMILES string of the molecule is COc1ccc(/C=C/C(=O)C2CCC3C4CC=C5CC(O)CCC5(C)C4CCC23C)cc1. The van der Waals surface area contributed by atoms with Crippen LogP contribution in [0.1, 0.15) is 70.8 Å². The third kappa shape index (κ3) is 3.48. The van der Waals surface area contributed by atoms with E-state index in [1.807, 2.05) is 36.4 Å². The third-order valence-corrected chi connectivity index (χ3v) is 9.98. The van der Waals surface area contributed by atoms with Gasteiger partial charge in [0.15, 0.2) is 5.78 Å². The van der Waals surface area contributed by atoms with Gasteiger partial charge >= 0.3 is 0 Å². The van der Waals surface area contributed by atoms with Crippen LogP contribution in [-0.4, -0.2) is 24.1 Å². The molecule has 0 bridgehead atoms. The van der Waals surface area contributed by atoms with E-state index in [2.05, 4.69) is 19.9 Å². The van der Waals surface area contributed by atoms with Crippen molar-refractivity contribution in [1.29, 1.82) is 0 Å². The number of hydrogen-bond acceptors (Lipinski definition) is 3. The molecule has 172 valence electrons. The van der Waals surface area contributed by atoms with Gasteiger partial charge in [-0.05, 0) is 104 Å². The van der Waals surface area contributed by atoms with E-state index in [0.717, 1.165) is 55.8 Å². The standard InChI is InChI=1S/C29H38O3/c1-28-16-14-21(30)18-20(28)7-10-23-24-11-12-26(29(24,2)17-15-25(23)28)27(31)13-6-19-4-8-22(32-3)9-5-19/h4-9,13,21,23-26,30H,10-12,14-18H2,1-3H3/b13-6+. The smallest absolute Gasteiger partial charge is 0.159 e. The molecule has 0 heterocycles. The third-order valence-electron chi connectivity index (χ3n) is 9.98. The second-order valence-electron chi connectivity index (χ2n) is 11.3. The van der Waals surface area contributed by atoms with Gasteiger partial charge in [-0.25, -0.2) is 0 Å². The number of ether oxygens (including phenoxy) is 1. The summed E-state index contributed by atoms with van der Waals surface area (Å²) in [6.07, 6.45) is 14.8. The number of allylic oxidation sites excluding steroid dienone is 2. The minimum absolute atomic E-state index is 0.123. The van der Waals surface area contributed by atoms with Crippen molar-refractivity contribution in [1.82, 2.24) is 0 Å². The molecule has 32 heavy (non-hydrogen) atoms. The van der Waals surface area contributed by atoms with Crippen LogP contribution in [0.15, 0.2) is 42.0 Å². The number of carbonyl (C=O) groups is 1. The molecular formula is C29H38O3. The monoisotopic (exact) mass is 434 g/mol. The number of fused-ring (bicyclic) bond motifs is 5. The first-order valence-corrected chi connectivity index (χ1v) is 12.6. The molecule has 1 aromatic carbocycles. The first kappa shape index (κ1) is 21.9. The molecule has 7 unspecified atom stereocenters. The quantitative estimate of drug-likeness (QED) is 0.452. The summed E-state index contributed by atoms with van der Waals surface area (Å²) in [5, 5.41) is 10.2. The van der Waals surface area contributed by atoms with Crippen LogP contribution in [0.2, 0.25) is 0 Å². The van der Waals surface area contributed by atoms with Gasteiger partial charge in [0.1, 0.15) is 5.75 Å². The summed E-state index contributed by atoms with van der Waals surface area (Å²) in [5.41, 5.74) is 2.95. The molecule has 4 aliphatic rings. The molecule has 0 amide bonds. The van der Waals surface area contributed by atoms with Crippen molar-refractivity contribution >= 4 is 11.9 Å². The summed E-state index contributed by atoms with van der Waals surface area (Å²) in [5.74, 6) is 3.35. The van der Waals surface area contributed by atoms with Crippen molar-refractivity contribution in [2.24, 2.45) is 34.5 Å². The number of ketones is 1. The van der Waals surface area contributed by atoms with Crippen LogP contribution in [0.25, 0.3) is 6.08 Å². The summed E-state index contributed by atoms with van der Waals surface area (Å²) in [6.45, 7) is 4.89. The zero-order chi connectivity index (χ0) is 22.5. The van der Waals surface area contributed by atoms with Crippen LogP contribution < -0.4 is 4.74 Å². The highest BCUT2D eigenvalue weighted by molar-refractivity contribution is 5.96. The molecule has 0 aliphatic heterocycles. The number of aliphatic hydroxyl groups excluding tert-OH is 1. The number of aliphatic hydroxyl groups is 1. The number of benzene rings is 1. The summed E-state index contributed by atoms with van der Waals surface area (Å²) < 4.78 is 5.23. The first-order valence-electron chi connectivity index (χ1n) is 12.6. The molecule has 3 saturated carbocycles. The molecule has 3 fully saturated rings. The maximum Gasteiger partial charge on any atom is 0.159 e. The summed E-state index contributed by atoms with van der Waals surface area (Å²) in [7, 11) is 1.67. The van der Waals surface area contributed by atoms with Crippen molar-refractivity contribution in [3.63, 3.8) is 0 Å². The van der Waals surface area contributed by atoms with Gasteiger partial charge in [-0.3, -0.25) is 4.79 Å². The Morgan fingerprint density at radius 2 is 1.84 bits per heavy atom. The predicted molar refractivity (Wildman–Crippen MR) is 128 cm³/mol. The fraction of sp³-hybridized carbons (Fsp3) is 0.621. The average Bonchev–Trinajstić information content (AvgIpc) is 3.15. The van der Waals surface area contributed by atoms with Crippen LogP contribution in [0.3, 0.4) is 0 Å². The van der Waals surface area contributed by atoms with Gasteiger partial charge in [0.2, 0.25) is 0 Å². The normalized spacial score (nSPS) is 40.9. The lowest BCUT2D eigenvalue weighted by molar-refractivity contribution is -0.124. The second kappa shape index (κ2) is 8.17. The fourth-order valence-corrected chi connectivity index (χ4v) is 8.12. The molecule has 0 radical (unpaired) electrons. The zero-order valence-electron chi connectivity index (χ0n) is 19.8. The Balaban J connectivity index is 1.33. The van der Waals surface area contributed by atoms with Crippen LogP contribution in [-0.2, 0) is 4.79 Å². The average molecular weight is 435 g/mol. The van der Waals surface area contributed by atoms with E-state index in [0.29, 0.717) is 17.6 Å². The molecule has 1 N–H and O–H groups in total. The lowest BCUT2D eigenvalue weighted by Gasteiger charge is -2.57. The van der Waals surface area contributed by atoms with E-state index >= 15 is 0 Å². The van der Waals surface area contributed by atoms with Crippen molar-refractivity contribution in [3.8, 4) is 5.75 Å². The van der Waals surface area contributed by atoms with Gasteiger partial charge in [-0.2, -0.15) is 0 Å². The van der Waals surface area contributed by atoms with Gasteiger partial charge in [0, 0.05) is 5.92 Å². The Kier molecular flexibility index (Phi) is 5.60. The van der Waals surface area contributed by atoms with E-state index in [1.54, 1.807) is 7.11 Å². The number of hydrogen-bond donors (Lipinski definition) is 1. The molecule has 5 rings (SSSR count). The largest absolute Gasteiger partial charge is 0.497 e. The van der Waals surface area contributed by atoms with Crippen LogP contribution >= 0.6 is 0 Å². The Labute approximate surface area is 192 Å². The Morgan fingerprint density at radius 1 is 1.06 bits per heavy atom. The van der Waals surface area contributed by atoms with Gasteiger partial charge in [-0.1, -0.05) is 43.7 Å². The van der Waals surface area contributed by atoms with E-state index in [-0.39, 0.29) is 22.9 Å². The predicted octanol–water partition coefficient (Wildman–Crippen LogP) is 6.22. The van der Waals surface area contributed by atoms with E-state index in [4.69, 9.17) is 4.74 Å². The van der Waals surface area contributed by atoms with Gasteiger partial charge in [-0.15, -0.1) is 0 Å². The van der Waals surface area contributed by atoms with Crippen LogP contribution in [0, 0.1) is 34.5 Å². The Hall–Kier alpha value is -1.87. The zero-order valence-corrected chi connectivity index (χ0v) is 19.8. The molecule has 1 aromatic rings. The second-order valence-corrected chi connectivity index (χ2v) is 11.3. The molecule has 3 nitrogen and oxygen atoms in total. The summed E-state index contributed by atoms with van der Waals surface area (Å²) in [6, 6.07) is 7.88. The number of rotatable bonds is 4. The molecule has 0 aromatic heterocycles. The van der Waals surface area contributed by atoms with Gasteiger partial charge in [0.25, 0.3) is 0 Å². The summed E-state index contributed by atoms with van der Waals surface area (Å²) in [4.78, 5) is 13.3. The molecule has 4 aliphatic carbocycles. The minimum Gasteiger partial charge on any atom is -0.497 e. The van der Waals surface area contributed by atoms with E-state index < -0.39 is 0 Å². The van der Waals surface area contributed by atoms with Crippen molar-refractivity contribution < 1.29 is 14.6 Å². The molecule has 0 spiro atoms. The van der Waals surface area contributed by atoms with E-state index in [9.17, 15) is 9.90 Å². The Bertz CT molecular complexity index is 928. The summed E-state index contributed by atoms with van der Waals surface area (Å²) >= 11 is 0. The number of methoxy groups -OCH3 is 1. The molecule has 3 heteroatoms. The van der Waals surface area contributed by atoms with Crippen LogP contribution in [0.4, 0.5) is 0 Å². The maximum absolute atomic E-state index is 13.3. The minimum atomic E-state index is -0.147. The molecule has 0 saturated heterocycles. The number of carbonyl (C=O) groups excluding carboxylic acids is 1. The molecule has 7 atom stereocenters. The highest BCUT2D eigenvalue weighted by Gasteiger charge is 2.59. The van der Waals surface area contributed by atoms with Crippen LogP contribution in [0.5, 0.6) is 5.75 Å². The highest BCUT2D eigenvalue weighted by atomic mass is 16.5. The fourth-order valence-electron chi connectivity index (χ4n) is 8.12. The lowest BCUT2D eigenvalue weighted by atomic mass is 9.47.